The summed E-state index contributed by atoms with van der Waals surface area (Å²) in [6.07, 6.45) is 8.91. The Kier molecular flexibility index (Phi) is 3.55. The van der Waals surface area contributed by atoms with Gasteiger partial charge in [-0.3, -0.25) is 0 Å². The van der Waals surface area contributed by atoms with Crippen molar-refractivity contribution >= 4 is 5.57 Å². The molecule has 0 bridgehead atoms. The molecular weight excluding hydrogens is 324 g/mol. The molecule has 0 aliphatic heterocycles. The molecule has 0 amide bonds. The van der Waals surface area contributed by atoms with Crippen molar-refractivity contribution in [3.05, 3.63) is 125 Å². The van der Waals surface area contributed by atoms with Crippen LogP contribution in [0, 0.1) is 0 Å². The number of allylic oxidation sites excluding steroid dienone is 6. The third-order valence-electron chi connectivity index (χ3n) is 5.93. The van der Waals surface area contributed by atoms with Gasteiger partial charge in [0.1, 0.15) is 0 Å². The fraction of sp³-hybridized carbons (Fsp3) is 0.111. The first-order valence-electron chi connectivity index (χ1n) is 9.63. The second-order valence-corrected chi connectivity index (χ2v) is 7.21. The standard InChI is InChI=1S/C27H22/c1-3-11-19-20-13-5-8-16-24(20)27(23(19)12-4-2)25-17-9-6-14-21(25)22-15-7-10-18-26(22)27/h3-18H,1-2H3/b11-3-,12-4-. The number of benzene rings is 3. The first kappa shape index (κ1) is 16.1. The molecule has 1 spiro atoms. The maximum absolute atomic E-state index is 2.31. The monoisotopic (exact) mass is 346 g/mol. The molecule has 0 radical (unpaired) electrons. The van der Waals surface area contributed by atoms with Gasteiger partial charge in [-0.1, -0.05) is 97.1 Å². The van der Waals surface area contributed by atoms with Crippen molar-refractivity contribution in [2.75, 3.05) is 0 Å². The first-order chi connectivity index (χ1) is 13.3. The molecule has 130 valence electrons. The van der Waals surface area contributed by atoms with E-state index in [0.29, 0.717) is 0 Å². The third-order valence-corrected chi connectivity index (χ3v) is 5.93. The number of fused-ring (bicyclic) bond motifs is 7. The van der Waals surface area contributed by atoms with Crippen molar-refractivity contribution in [1.82, 2.24) is 0 Å². The second-order valence-electron chi connectivity index (χ2n) is 7.21. The molecule has 0 N–H and O–H groups in total. The molecule has 0 fully saturated rings. The minimum absolute atomic E-state index is 0.231. The fourth-order valence-electron chi connectivity index (χ4n) is 5.08. The van der Waals surface area contributed by atoms with E-state index in [1.54, 1.807) is 0 Å². The molecule has 3 aromatic carbocycles. The Morgan fingerprint density at radius 2 is 1.00 bits per heavy atom. The van der Waals surface area contributed by atoms with E-state index >= 15 is 0 Å². The van der Waals surface area contributed by atoms with Crippen LogP contribution < -0.4 is 0 Å². The molecular formula is C27H22. The van der Waals surface area contributed by atoms with Crippen LogP contribution in [-0.2, 0) is 5.41 Å². The Bertz CT molecular complexity index is 1090. The molecule has 0 unspecified atom stereocenters. The largest absolute Gasteiger partial charge is 0.0873 e. The van der Waals surface area contributed by atoms with Crippen molar-refractivity contribution in [1.29, 1.82) is 0 Å². The highest BCUT2D eigenvalue weighted by Crippen LogP contribution is 2.62. The van der Waals surface area contributed by atoms with E-state index in [0.717, 1.165) is 0 Å². The summed E-state index contributed by atoms with van der Waals surface area (Å²) in [5.41, 5.74) is 10.7. The van der Waals surface area contributed by atoms with Crippen LogP contribution in [-0.4, -0.2) is 0 Å². The van der Waals surface area contributed by atoms with Gasteiger partial charge in [-0.25, -0.2) is 0 Å². The zero-order valence-corrected chi connectivity index (χ0v) is 15.7. The Labute approximate surface area is 161 Å². The second kappa shape index (κ2) is 5.96. The van der Waals surface area contributed by atoms with Gasteiger partial charge in [0.15, 0.2) is 0 Å². The predicted octanol–water partition coefficient (Wildman–Crippen LogP) is 6.92. The maximum Gasteiger partial charge on any atom is 0.0725 e. The van der Waals surface area contributed by atoms with Gasteiger partial charge in [0.25, 0.3) is 0 Å². The van der Waals surface area contributed by atoms with Crippen LogP contribution >= 0.6 is 0 Å². The lowest BCUT2D eigenvalue weighted by molar-refractivity contribution is 0.786. The molecule has 5 rings (SSSR count). The molecule has 27 heavy (non-hydrogen) atoms. The molecule has 2 aliphatic rings. The molecule has 0 saturated carbocycles. The first-order valence-corrected chi connectivity index (χ1v) is 9.63. The van der Waals surface area contributed by atoms with Crippen LogP contribution in [0.2, 0.25) is 0 Å². The number of hydrogen-bond donors (Lipinski definition) is 0. The Morgan fingerprint density at radius 1 is 0.556 bits per heavy atom. The van der Waals surface area contributed by atoms with E-state index in [2.05, 4.69) is 111 Å². The summed E-state index contributed by atoms with van der Waals surface area (Å²) in [7, 11) is 0. The van der Waals surface area contributed by atoms with Crippen LogP contribution in [0.1, 0.15) is 36.1 Å². The Balaban J connectivity index is 2.02. The van der Waals surface area contributed by atoms with Crippen molar-refractivity contribution in [2.45, 2.75) is 19.3 Å². The molecule has 0 nitrogen and oxygen atoms in total. The topological polar surface area (TPSA) is 0 Å². The van der Waals surface area contributed by atoms with Crippen LogP contribution in [0.3, 0.4) is 0 Å². The lowest BCUT2D eigenvalue weighted by Gasteiger charge is -2.31. The average molecular weight is 346 g/mol. The molecule has 0 atom stereocenters. The van der Waals surface area contributed by atoms with E-state index in [-0.39, 0.29) is 5.41 Å². The predicted molar refractivity (Wildman–Crippen MR) is 115 cm³/mol. The lowest BCUT2D eigenvalue weighted by Crippen LogP contribution is -2.26. The zero-order chi connectivity index (χ0) is 18.4. The normalized spacial score (nSPS) is 16.4. The molecule has 2 aliphatic carbocycles. The van der Waals surface area contributed by atoms with Gasteiger partial charge in [-0.15, -0.1) is 0 Å². The van der Waals surface area contributed by atoms with Gasteiger partial charge in [0.05, 0.1) is 5.41 Å². The summed E-state index contributed by atoms with van der Waals surface area (Å²) < 4.78 is 0. The van der Waals surface area contributed by atoms with Crippen LogP contribution in [0.15, 0.2) is 103 Å². The van der Waals surface area contributed by atoms with Gasteiger partial charge < -0.3 is 0 Å². The Hall–Kier alpha value is -3.12. The minimum Gasteiger partial charge on any atom is -0.0873 e. The minimum atomic E-state index is -0.231. The number of rotatable bonds is 2. The quantitative estimate of drug-likeness (QED) is 0.472. The van der Waals surface area contributed by atoms with E-state index in [4.69, 9.17) is 0 Å². The lowest BCUT2D eigenvalue weighted by atomic mass is 9.69. The summed E-state index contributed by atoms with van der Waals surface area (Å²) in [4.78, 5) is 0. The summed E-state index contributed by atoms with van der Waals surface area (Å²) in [5.74, 6) is 0. The van der Waals surface area contributed by atoms with E-state index in [9.17, 15) is 0 Å². The average Bonchev–Trinajstić information content (AvgIpc) is 3.16. The maximum atomic E-state index is 2.31. The van der Waals surface area contributed by atoms with Gasteiger partial charge in [-0.2, -0.15) is 0 Å². The van der Waals surface area contributed by atoms with Crippen molar-refractivity contribution in [3.63, 3.8) is 0 Å². The van der Waals surface area contributed by atoms with Crippen LogP contribution in [0.25, 0.3) is 16.7 Å². The molecule has 0 heterocycles. The van der Waals surface area contributed by atoms with Gasteiger partial charge in [0.2, 0.25) is 0 Å². The third kappa shape index (κ3) is 1.93. The smallest absolute Gasteiger partial charge is 0.0725 e. The summed E-state index contributed by atoms with van der Waals surface area (Å²) in [5, 5.41) is 0. The van der Waals surface area contributed by atoms with E-state index in [1.807, 2.05) is 0 Å². The molecule has 0 saturated heterocycles. The summed E-state index contributed by atoms with van der Waals surface area (Å²) in [6.45, 7) is 4.22. The van der Waals surface area contributed by atoms with Gasteiger partial charge >= 0.3 is 0 Å². The van der Waals surface area contributed by atoms with E-state index in [1.165, 1.54) is 44.5 Å². The number of hydrogen-bond acceptors (Lipinski definition) is 0. The highest BCUT2D eigenvalue weighted by atomic mass is 14.5. The summed E-state index contributed by atoms with van der Waals surface area (Å²) in [6, 6.07) is 26.7. The van der Waals surface area contributed by atoms with Gasteiger partial charge in [0, 0.05) is 0 Å². The highest BCUT2D eigenvalue weighted by molar-refractivity contribution is 5.97. The van der Waals surface area contributed by atoms with Crippen molar-refractivity contribution < 1.29 is 0 Å². The zero-order valence-electron chi connectivity index (χ0n) is 15.7. The molecule has 0 aromatic heterocycles. The van der Waals surface area contributed by atoms with Crippen LogP contribution in [0.5, 0.6) is 0 Å². The SMILES string of the molecule is C/C=C\C1=C(/C=C\C)C2(c3ccccc31)c1ccccc1-c1ccccc12. The molecule has 3 aromatic rings. The van der Waals surface area contributed by atoms with Crippen molar-refractivity contribution in [3.8, 4) is 11.1 Å². The fourth-order valence-corrected chi connectivity index (χ4v) is 5.08. The highest BCUT2D eigenvalue weighted by Gasteiger charge is 2.51. The van der Waals surface area contributed by atoms with Crippen LogP contribution in [0.4, 0.5) is 0 Å². The Morgan fingerprint density at radius 3 is 1.52 bits per heavy atom. The van der Waals surface area contributed by atoms with Gasteiger partial charge in [-0.05, 0) is 58.4 Å². The van der Waals surface area contributed by atoms with Crippen molar-refractivity contribution in [2.24, 2.45) is 0 Å². The molecule has 0 heteroatoms. The summed E-state index contributed by atoms with van der Waals surface area (Å²) >= 11 is 0. The van der Waals surface area contributed by atoms with E-state index < -0.39 is 0 Å².